The first-order chi connectivity index (χ1) is 7.44. The van der Waals surface area contributed by atoms with Gasteiger partial charge in [-0.1, -0.05) is 32.0 Å². The number of para-hydroxylation sites is 1. The fraction of sp³-hybridized carbons (Fsp3) is 0.400. The minimum atomic E-state index is -1.75. The molecule has 0 radical (unpaired) electrons. The Morgan fingerprint density at radius 3 is 2.62 bits per heavy atom. The molecule has 0 aromatic heterocycles. The maximum Gasteiger partial charge on any atom is 0.473 e. The van der Waals surface area contributed by atoms with E-state index in [2.05, 4.69) is 0 Å². The Bertz CT molecular complexity index is 396. The summed E-state index contributed by atoms with van der Waals surface area (Å²) in [5.74, 6) is -0.582. The van der Waals surface area contributed by atoms with Crippen LogP contribution in [0.1, 0.15) is 19.4 Å². The summed E-state index contributed by atoms with van der Waals surface area (Å²) in [6.07, 6.45) is 0. The van der Waals surface area contributed by atoms with Gasteiger partial charge in [0.1, 0.15) is 5.75 Å². The van der Waals surface area contributed by atoms with E-state index in [1.807, 2.05) is 12.1 Å². The topological polar surface area (TPSA) is 76.0 Å². The molecule has 2 rings (SSSR count). The van der Waals surface area contributed by atoms with E-state index in [0.717, 1.165) is 5.56 Å². The molecule has 0 saturated heterocycles. The average Bonchev–Trinajstić information content (AvgIpc) is 2.15. The molecule has 1 aliphatic heterocycles. The summed E-state index contributed by atoms with van der Waals surface area (Å²) in [6, 6.07) is 7.09. The summed E-state index contributed by atoms with van der Waals surface area (Å²) in [4.78, 5) is 5.00. The number of hydrogen-bond acceptors (Lipinski definition) is 5. The number of rotatable bonds is 1. The van der Waals surface area contributed by atoms with Crippen molar-refractivity contribution in [2.45, 2.75) is 25.2 Å². The molecule has 2 N–H and O–H groups in total. The van der Waals surface area contributed by atoms with Gasteiger partial charge in [0.25, 0.3) is 0 Å². The molecule has 1 aliphatic rings. The SMILES string of the molecule is CC1(C)c2ccccc2ON([O-])C1B(O)O. The molecule has 1 heterocycles. The van der Waals surface area contributed by atoms with Gasteiger partial charge in [-0.25, -0.2) is 5.23 Å². The predicted octanol–water partition coefficient (Wildman–Crippen LogP) is 0.452. The summed E-state index contributed by atoms with van der Waals surface area (Å²) in [7, 11) is -1.75. The highest BCUT2D eigenvalue weighted by Crippen LogP contribution is 2.40. The van der Waals surface area contributed by atoms with Crippen molar-refractivity contribution in [3.63, 3.8) is 0 Å². The quantitative estimate of drug-likeness (QED) is 0.674. The Balaban J connectivity index is 2.51. The molecule has 0 fully saturated rings. The van der Waals surface area contributed by atoms with Crippen LogP contribution in [0.3, 0.4) is 0 Å². The smallest absolute Gasteiger partial charge is 0.473 e. The zero-order valence-electron chi connectivity index (χ0n) is 9.12. The zero-order chi connectivity index (χ0) is 11.9. The summed E-state index contributed by atoms with van der Waals surface area (Å²) in [5, 5.41) is 30.3. The second-order valence-electron chi connectivity index (χ2n) is 4.45. The summed E-state index contributed by atoms with van der Waals surface area (Å²) in [6.45, 7) is 3.56. The lowest BCUT2D eigenvalue weighted by Gasteiger charge is -2.49. The Hall–Kier alpha value is -1.08. The third-order valence-electron chi connectivity index (χ3n) is 3.02. The van der Waals surface area contributed by atoms with Gasteiger partial charge in [-0.05, 0) is 6.07 Å². The normalized spacial score (nSPS) is 23.4. The van der Waals surface area contributed by atoms with Crippen molar-refractivity contribution in [3.05, 3.63) is 35.0 Å². The van der Waals surface area contributed by atoms with Crippen molar-refractivity contribution in [3.8, 4) is 5.75 Å². The summed E-state index contributed by atoms with van der Waals surface area (Å²) in [5.41, 5.74) is 0.102. The molecule has 16 heavy (non-hydrogen) atoms. The second-order valence-corrected chi connectivity index (χ2v) is 4.45. The van der Waals surface area contributed by atoms with Gasteiger partial charge >= 0.3 is 7.12 Å². The number of fused-ring (bicyclic) bond motifs is 1. The molecule has 5 nitrogen and oxygen atoms in total. The molecule has 0 saturated carbocycles. The van der Waals surface area contributed by atoms with Gasteiger partial charge in [-0.3, -0.25) is 0 Å². The first-order valence-electron chi connectivity index (χ1n) is 5.04. The lowest BCUT2D eigenvalue weighted by molar-refractivity contribution is -0.0693. The van der Waals surface area contributed by atoms with Crippen LogP contribution in [0.25, 0.3) is 0 Å². The van der Waals surface area contributed by atoms with Crippen LogP contribution in [0.15, 0.2) is 24.3 Å². The largest absolute Gasteiger partial charge is 0.753 e. The lowest BCUT2D eigenvalue weighted by atomic mass is 9.61. The van der Waals surface area contributed by atoms with Gasteiger partial charge in [0.15, 0.2) is 0 Å². The Morgan fingerprint density at radius 1 is 1.38 bits per heavy atom. The summed E-state index contributed by atoms with van der Waals surface area (Å²) < 4.78 is 0. The average molecular weight is 222 g/mol. The molecule has 1 aromatic carbocycles. The number of hydrogen-bond donors (Lipinski definition) is 2. The minimum Gasteiger partial charge on any atom is -0.753 e. The fourth-order valence-electron chi connectivity index (χ4n) is 2.14. The number of nitrogens with zero attached hydrogens (tertiary/aromatic N) is 1. The van der Waals surface area contributed by atoms with Crippen molar-refractivity contribution >= 4 is 7.12 Å². The Morgan fingerprint density at radius 2 is 2.00 bits per heavy atom. The highest BCUT2D eigenvalue weighted by Gasteiger charge is 2.45. The van der Waals surface area contributed by atoms with Crippen LogP contribution < -0.4 is 4.84 Å². The van der Waals surface area contributed by atoms with Crippen molar-refractivity contribution in [1.82, 2.24) is 5.23 Å². The molecule has 0 amide bonds. The summed E-state index contributed by atoms with van der Waals surface area (Å²) >= 11 is 0. The molecule has 1 unspecified atom stereocenters. The lowest BCUT2D eigenvalue weighted by Crippen LogP contribution is -2.58. The Kier molecular flexibility index (Phi) is 2.67. The van der Waals surface area contributed by atoms with Crippen LogP contribution >= 0.6 is 0 Å². The highest BCUT2D eigenvalue weighted by atomic mass is 16.9. The van der Waals surface area contributed by atoms with Crippen molar-refractivity contribution in [1.29, 1.82) is 0 Å². The van der Waals surface area contributed by atoms with E-state index >= 15 is 0 Å². The van der Waals surface area contributed by atoms with Crippen LogP contribution in [0.5, 0.6) is 5.75 Å². The maximum atomic E-state index is 11.6. The van der Waals surface area contributed by atoms with Crippen LogP contribution in [0, 0.1) is 5.21 Å². The van der Waals surface area contributed by atoms with Crippen LogP contribution in [-0.4, -0.2) is 28.3 Å². The van der Waals surface area contributed by atoms with Gasteiger partial charge in [0.2, 0.25) is 0 Å². The highest BCUT2D eigenvalue weighted by molar-refractivity contribution is 6.43. The van der Waals surface area contributed by atoms with E-state index in [4.69, 9.17) is 4.84 Å². The van der Waals surface area contributed by atoms with E-state index in [-0.39, 0.29) is 5.23 Å². The van der Waals surface area contributed by atoms with E-state index < -0.39 is 18.5 Å². The second kappa shape index (κ2) is 3.74. The third-order valence-corrected chi connectivity index (χ3v) is 3.02. The molecule has 1 atom stereocenters. The van der Waals surface area contributed by atoms with Crippen LogP contribution in [0.4, 0.5) is 0 Å². The molecular formula is C10H13BNO4-. The predicted molar refractivity (Wildman–Crippen MR) is 59.3 cm³/mol. The van der Waals surface area contributed by atoms with Crippen LogP contribution in [-0.2, 0) is 5.41 Å². The molecule has 86 valence electrons. The van der Waals surface area contributed by atoms with E-state index in [9.17, 15) is 15.3 Å². The minimum absolute atomic E-state index is 0.257. The molecule has 0 aliphatic carbocycles. The number of benzene rings is 1. The maximum absolute atomic E-state index is 11.6. The van der Waals surface area contributed by atoms with E-state index in [0.29, 0.717) is 5.75 Å². The van der Waals surface area contributed by atoms with Gasteiger partial charge in [0, 0.05) is 11.0 Å². The van der Waals surface area contributed by atoms with E-state index in [1.165, 1.54) is 0 Å². The standard InChI is InChI=1S/C10H13BNO4/c1-10(2)7-5-3-4-6-8(7)16-12(15)9(10)11(13)14/h3-6,9,13-14H,1-2H3/q-1. The fourth-order valence-corrected chi connectivity index (χ4v) is 2.14. The molecule has 6 heteroatoms. The van der Waals surface area contributed by atoms with Gasteiger partial charge < -0.3 is 20.1 Å². The number of hydroxylamine groups is 2. The first-order valence-corrected chi connectivity index (χ1v) is 5.04. The van der Waals surface area contributed by atoms with Gasteiger partial charge in [-0.15, -0.1) is 0 Å². The van der Waals surface area contributed by atoms with Crippen molar-refractivity contribution in [2.24, 2.45) is 0 Å². The van der Waals surface area contributed by atoms with Crippen LogP contribution in [0.2, 0.25) is 0 Å². The Labute approximate surface area is 93.9 Å². The molecule has 1 aromatic rings. The molecule has 0 bridgehead atoms. The molecular weight excluding hydrogens is 209 g/mol. The monoisotopic (exact) mass is 222 g/mol. The van der Waals surface area contributed by atoms with E-state index in [1.54, 1.807) is 26.0 Å². The van der Waals surface area contributed by atoms with Crippen molar-refractivity contribution < 1.29 is 14.9 Å². The van der Waals surface area contributed by atoms with Crippen molar-refractivity contribution in [2.75, 3.05) is 0 Å². The first kappa shape index (κ1) is 11.4. The zero-order valence-corrected chi connectivity index (χ0v) is 9.12. The molecule has 0 spiro atoms. The van der Waals surface area contributed by atoms with Gasteiger partial charge in [-0.2, -0.15) is 0 Å². The third kappa shape index (κ3) is 1.60. The van der Waals surface area contributed by atoms with Gasteiger partial charge in [0.05, 0.1) is 5.94 Å².